The summed E-state index contributed by atoms with van der Waals surface area (Å²) in [7, 11) is 0. The van der Waals surface area contributed by atoms with Crippen molar-refractivity contribution in [3.63, 3.8) is 0 Å². The number of amidine groups is 1. The predicted molar refractivity (Wildman–Crippen MR) is 148 cm³/mol. The Morgan fingerprint density at radius 3 is 2.14 bits per heavy atom. The first-order valence-corrected chi connectivity index (χ1v) is 13.2. The number of nitrogens with zero attached hydrogens (tertiary/aromatic N) is 2. The number of carbonyl (C=O) groups is 2. The molecule has 1 heterocycles. The highest BCUT2D eigenvalue weighted by molar-refractivity contribution is 8.15. The number of carbonyl (C=O) groups excluding carboxylic acids is 2. The number of benzene rings is 3. The number of aryl methyl sites for hydroxylation is 2. The van der Waals surface area contributed by atoms with Gasteiger partial charge in [0, 0.05) is 12.1 Å². The topological polar surface area (TPSA) is 71.0 Å². The smallest absolute Gasteiger partial charge is 0.238 e. The van der Waals surface area contributed by atoms with Gasteiger partial charge < -0.3 is 10.1 Å². The van der Waals surface area contributed by atoms with Crippen LogP contribution in [0, 0.1) is 0 Å². The molecule has 36 heavy (non-hydrogen) atoms. The van der Waals surface area contributed by atoms with Crippen molar-refractivity contribution < 1.29 is 14.3 Å². The van der Waals surface area contributed by atoms with E-state index in [2.05, 4.69) is 19.2 Å². The highest BCUT2D eigenvalue weighted by Gasteiger charge is 2.36. The highest BCUT2D eigenvalue weighted by atomic mass is 32.2. The van der Waals surface area contributed by atoms with Crippen LogP contribution in [0.2, 0.25) is 0 Å². The summed E-state index contributed by atoms with van der Waals surface area (Å²) in [6, 6.07) is 23.1. The van der Waals surface area contributed by atoms with Crippen LogP contribution in [0.15, 0.2) is 77.8 Å². The first kappa shape index (κ1) is 25.5. The molecule has 1 fully saturated rings. The molecule has 2 amide bonds. The maximum absolute atomic E-state index is 13.4. The molecule has 1 aliphatic rings. The van der Waals surface area contributed by atoms with Crippen molar-refractivity contribution >= 4 is 45.8 Å². The monoisotopic (exact) mass is 501 g/mol. The van der Waals surface area contributed by atoms with E-state index >= 15 is 0 Å². The van der Waals surface area contributed by atoms with Crippen LogP contribution in [0.1, 0.15) is 38.3 Å². The van der Waals surface area contributed by atoms with Crippen molar-refractivity contribution in [2.45, 2.75) is 45.3 Å². The lowest BCUT2D eigenvalue weighted by Gasteiger charge is -2.32. The molecule has 0 aromatic heterocycles. The minimum Gasteiger partial charge on any atom is -0.494 e. The molecule has 0 bridgehead atoms. The van der Waals surface area contributed by atoms with E-state index in [9.17, 15) is 9.59 Å². The Bertz CT molecular complexity index is 1220. The summed E-state index contributed by atoms with van der Waals surface area (Å²) in [6.07, 6.45) is 1.94. The van der Waals surface area contributed by atoms with Crippen LogP contribution in [-0.4, -0.2) is 28.8 Å². The van der Waals surface area contributed by atoms with Crippen LogP contribution >= 0.6 is 11.8 Å². The Morgan fingerprint density at radius 2 is 1.56 bits per heavy atom. The second-order valence-corrected chi connectivity index (χ2v) is 9.59. The van der Waals surface area contributed by atoms with E-state index in [0.29, 0.717) is 17.5 Å². The Kier molecular flexibility index (Phi) is 8.44. The van der Waals surface area contributed by atoms with Crippen LogP contribution in [0.3, 0.4) is 0 Å². The van der Waals surface area contributed by atoms with Crippen molar-refractivity contribution in [3.05, 3.63) is 83.9 Å². The molecule has 186 valence electrons. The minimum atomic E-state index is -0.594. The van der Waals surface area contributed by atoms with Crippen molar-refractivity contribution in [2.75, 3.05) is 16.8 Å². The van der Waals surface area contributed by atoms with Gasteiger partial charge in [-0.2, -0.15) is 0 Å². The lowest BCUT2D eigenvalue weighted by molar-refractivity contribution is -0.121. The zero-order valence-corrected chi connectivity index (χ0v) is 21.7. The van der Waals surface area contributed by atoms with Gasteiger partial charge in [0.25, 0.3) is 0 Å². The third kappa shape index (κ3) is 6.15. The fourth-order valence-electron chi connectivity index (χ4n) is 3.88. The van der Waals surface area contributed by atoms with Gasteiger partial charge in [0.1, 0.15) is 11.0 Å². The van der Waals surface area contributed by atoms with E-state index in [-0.39, 0.29) is 18.2 Å². The molecular formula is C29H31N3O3S. The van der Waals surface area contributed by atoms with E-state index in [4.69, 9.17) is 9.73 Å². The number of hydrogen-bond donors (Lipinski definition) is 1. The molecule has 0 radical (unpaired) electrons. The maximum atomic E-state index is 13.4. The van der Waals surface area contributed by atoms with Crippen molar-refractivity contribution in [3.8, 4) is 5.75 Å². The molecule has 0 aliphatic carbocycles. The molecule has 1 atom stereocenters. The lowest BCUT2D eigenvalue weighted by Crippen LogP contribution is -2.45. The molecular weight excluding hydrogens is 470 g/mol. The summed E-state index contributed by atoms with van der Waals surface area (Å²) in [5.74, 6) is 0.354. The first-order valence-electron chi connectivity index (χ1n) is 12.3. The number of amides is 2. The van der Waals surface area contributed by atoms with Gasteiger partial charge in [-0.15, -0.1) is 0 Å². The molecule has 0 unspecified atom stereocenters. The number of rotatable bonds is 8. The Labute approximate surface area is 216 Å². The fourth-order valence-corrected chi connectivity index (χ4v) is 4.99. The van der Waals surface area contributed by atoms with Crippen molar-refractivity contribution in [1.29, 1.82) is 0 Å². The maximum Gasteiger partial charge on any atom is 0.238 e. The molecule has 1 aliphatic heterocycles. The normalized spacial score (nSPS) is 16.8. The largest absolute Gasteiger partial charge is 0.494 e. The third-order valence-electron chi connectivity index (χ3n) is 5.95. The number of ether oxygens (including phenoxy) is 1. The van der Waals surface area contributed by atoms with Gasteiger partial charge in [-0.25, -0.2) is 4.99 Å². The third-order valence-corrected chi connectivity index (χ3v) is 7.10. The number of anilines is 2. The van der Waals surface area contributed by atoms with E-state index < -0.39 is 5.25 Å². The van der Waals surface area contributed by atoms with Crippen LogP contribution in [-0.2, 0) is 22.4 Å². The quantitative estimate of drug-likeness (QED) is 0.389. The van der Waals surface area contributed by atoms with Crippen molar-refractivity contribution in [1.82, 2.24) is 0 Å². The van der Waals surface area contributed by atoms with Gasteiger partial charge in [-0.05, 0) is 79.4 Å². The summed E-state index contributed by atoms with van der Waals surface area (Å²) < 4.78 is 5.47. The predicted octanol–water partition coefficient (Wildman–Crippen LogP) is 6.38. The number of aliphatic imine (C=N–C) groups is 1. The molecule has 0 spiro atoms. The molecule has 1 saturated heterocycles. The van der Waals surface area contributed by atoms with E-state index in [1.165, 1.54) is 22.9 Å². The molecule has 1 N–H and O–H groups in total. The lowest BCUT2D eigenvalue weighted by atomic mass is 10.1. The highest BCUT2D eigenvalue weighted by Crippen LogP contribution is 2.33. The molecule has 3 aromatic carbocycles. The average molecular weight is 502 g/mol. The Morgan fingerprint density at radius 1 is 0.944 bits per heavy atom. The first-order chi connectivity index (χ1) is 17.5. The Balaban J connectivity index is 1.59. The Hall–Kier alpha value is -3.58. The SMILES string of the molecule is CCOc1ccc(NC(=O)[C@@H]2CC(=O)N(c3ccc(CC)cc3)C(=Nc3ccc(CC)cc3)S2)cc1. The van der Waals surface area contributed by atoms with Gasteiger partial charge in [-0.3, -0.25) is 14.5 Å². The zero-order chi connectivity index (χ0) is 25.5. The molecule has 4 rings (SSSR count). The number of nitrogens with one attached hydrogen (secondary N) is 1. The summed E-state index contributed by atoms with van der Waals surface area (Å²) >= 11 is 1.31. The zero-order valence-electron chi connectivity index (χ0n) is 20.9. The van der Waals surface area contributed by atoms with Gasteiger partial charge in [0.15, 0.2) is 5.17 Å². The summed E-state index contributed by atoms with van der Waals surface area (Å²) in [5, 5.41) is 2.83. The van der Waals surface area contributed by atoms with Gasteiger partial charge in [-0.1, -0.05) is 49.9 Å². The summed E-state index contributed by atoms with van der Waals surface area (Å²) in [5.41, 5.74) is 4.55. The van der Waals surface area contributed by atoms with Crippen LogP contribution in [0.5, 0.6) is 5.75 Å². The van der Waals surface area contributed by atoms with Gasteiger partial charge in [0.2, 0.25) is 11.8 Å². The van der Waals surface area contributed by atoms with E-state index in [0.717, 1.165) is 30.0 Å². The van der Waals surface area contributed by atoms with Crippen LogP contribution < -0.4 is 15.0 Å². The summed E-state index contributed by atoms with van der Waals surface area (Å²) in [6.45, 7) is 6.70. The summed E-state index contributed by atoms with van der Waals surface area (Å²) in [4.78, 5) is 32.9. The minimum absolute atomic E-state index is 0.0802. The van der Waals surface area contributed by atoms with Crippen LogP contribution in [0.25, 0.3) is 0 Å². The molecule has 3 aromatic rings. The average Bonchev–Trinajstić information content (AvgIpc) is 2.90. The van der Waals surface area contributed by atoms with Gasteiger partial charge >= 0.3 is 0 Å². The molecule has 0 saturated carbocycles. The number of hydrogen-bond acceptors (Lipinski definition) is 5. The fraction of sp³-hybridized carbons (Fsp3) is 0.276. The number of thioether (sulfide) groups is 1. The second-order valence-electron chi connectivity index (χ2n) is 8.42. The van der Waals surface area contributed by atoms with Crippen LogP contribution in [0.4, 0.5) is 17.1 Å². The van der Waals surface area contributed by atoms with E-state index in [1.54, 1.807) is 17.0 Å². The van der Waals surface area contributed by atoms with E-state index in [1.807, 2.05) is 67.6 Å². The molecule has 7 heteroatoms. The molecule has 6 nitrogen and oxygen atoms in total. The standard InChI is InChI=1S/C29H31N3O3S/c1-4-20-7-11-23(12-8-20)31-29-32(24-15-9-21(5-2)10-16-24)27(33)19-26(36-29)28(34)30-22-13-17-25(18-14-22)35-6-3/h7-18,26H,4-6,19H2,1-3H3,(H,30,34)/t26-/m0/s1. The second kappa shape index (κ2) is 11.9. The van der Waals surface area contributed by atoms with Crippen molar-refractivity contribution in [2.24, 2.45) is 4.99 Å². The van der Waals surface area contributed by atoms with Gasteiger partial charge in [0.05, 0.1) is 18.0 Å².